The molecule has 0 aliphatic rings. The molecule has 0 spiro atoms. The second-order valence-electron chi connectivity index (χ2n) is 13.3. The Kier molecular flexibility index (Phi) is 12.2. The zero-order chi connectivity index (χ0) is 30.8. The van der Waals surface area contributed by atoms with Crippen LogP contribution in [0.2, 0.25) is 0 Å². The Labute approximate surface area is 253 Å². The molecule has 3 rings (SSSR count). The topological polar surface area (TPSA) is 65.0 Å². The van der Waals surface area contributed by atoms with E-state index in [4.69, 9.17) is 13.8 Å². The van der Waals surface area contributed by atoms with Crippen molar-refractivity contribution < 1.29 is 23.5 Å². The van der Waals surface area contributed by atoms with Gasteiger partial charge in [0.25, 0.3) is 0 Å². The monoisotopic (exact) mass is 592 g/mol. The molecule has 42 heavy (non-hydrogen) atoms. The van der Waals surface area contributed by atoms with Crippen molar-refractivity contribution in [1.82, 2.24) is 0 Å². The fourth-order valence-electron chi connectivity index (χ4n) is 5.65. The molecule has 3 aromatic rings. The van der Waals surface area contributed by atoms with E-state index in [0.29, 0.717) is 5.75 Å². The Balaban J connectivity index is 1.59. The van der Waals surface area contributed by atoms with E-state index < -0.39 is 13.7 Å². The van der Waals surface area contributed by atoms with Crippen LogP contribution in [0.1, 0.15) is 71.6 Å². The van der Waals surface area contributed by atoms with Crippen LogP contribution in [0.15, 0.2) is 91.0 Å². The van der Waals surface area contributed by atoms with Gasteiger partial charge in [-0.25, -0.2) is 0 Å². The van der Waals surface area contributed by atoms with Gasteiger partial charge in [0.1, 0.15) is 5.75 Å². The second-order valence-corrected chi connectivity index (χ2v) is 15.3. The molecule has 0 radical (unpaired) electrons. The average molecular weight is 593 g/mol. The Morgan fingerprint density at radius 1 is 0.762 bits per heavy atom. The number of hydrogen-bond acceptors (Lipinski definition) is 5. The third-order valence-corrected chi connectivity index (χ3v) is 8.91. The molecule has 0 saturated carbocycles. The lowest BCUT2D eigenvalue weighted by Crippen LogP contribution is -2.44. The third kappa shape index (κ3) is 10.9. The number of aliphatic hydroxyl groups is 1. The highest BCUT2D eigenvalue weighted by molar-refractivity contribution is 7.53. The fraction of sp³-hybridized carbons (Fsp3) is 0.444. The molecule has 0 saturated heterocycles. The fourth-order valence-corrected chi connectivity index (χ4v) is 6.87. The third-order valence-electron chi connectivity index (χ3n) is 7.42. The van der Waals surface area contributed by atoms with Crippen molar-refractivity contribution >= 4 is 13.7 Å². The zero-order valence-corrected chi connectivity index (χ0v) is 27.2. The minimum absolute atomic E-state index is 0.00854. The number of ether oxygens (including phenoxy) is 1. The highest BCUT2D eigenvalue weighted by atomic mass is 31.2. The molecule has 6 heteroatoms. The predicted molar refractivity (Wildman–Crippen MR) is 173 cm³/mol. The Hall–Kier alpha value is -2.69. The summed E-state index contributed by atoms with van der Waals surface area (Å²) >= 11 is 0. The number of allylic oxidation sites excluding steroid dienone is 1. The standard InChI is InChI=1S/C36H49O5P/c1-28(33(37)34(35(2,3)4)36(5,6)7)15-14-20-29-21-23-32(24-22-29)39-27-42(38,40-25-30-16-10-8-11-17-30)41-26-31-18-12-9-13-19-31/h8-14,16-24,28,33-34,37H,15,25-27H2,1-7H3/b20-14+/t28-,33-/m1/s1. The molecule has 0 aliphatic heterocycles. The SMILES string of the molecule is C[C@H](C/C=C/c1ccc(OCP(=O)(OCc2ccccc2)OCc2ccccc2)cc1)[C@@H](O)C(C(C)(C)C)C(C)(C)C. The highest BCUT2D eigenvalue weighted by Crippen LogP contribution is 2.50. The maximum absolute atomic E-state index is 13.6. The summed E-state index contributed by atoms with van der Waals surface area (Å²) in [6.07, 6.45) is 4.37. The smallest absolute Gasteiger partial charge is 0.368 e. The maximum atomic E-state index is 13.6. The van der Waals surface area contributed by atoms with Crippen LogP contribution >= 0.6 is 7.60 Å². The molecule has 5 nitrogen and oxygen atoms in total. The van der Waals surface area contributed by atoms with Gasteiger partial charge in [0, 0.05) is 0 Å². The Bertz CT molecular complexity index is 1210. The van der Waals surface area contributed by atoms with Crippen LogP contribution in [0.3, 0.4) is 0 Å². The molecule has 0 amide bonds. The molecular formula is C36H49O5P. The largest absolute Gasteiger partial charge is 0.481 e. The number of aliphatic hydroxyl groups excluding tert-OH is 1. The van der Waals surface area contributed by atoms with Crippen LogP contribution in [0.5, 0.6) is 5.75 Å². The summed E-state index contributed by atoms with van der Waals surface area (Å²) in [5.41, 5.74) is 2.86. The zero-order valence-electron chi connectivity index (χ0n) is 26.3. The molecule has 1 N–H and O–H groups in total. The van der Waals surface area contributed by atoms with Crippen molar-refractivity contribution in [3.8, 4) is 5.75 Å². The molecule has 0 bridgehead atoms. The first-order chi connectivity index (χ1) is 19.8. The van der Waals surface area contributed by atoms with Gasteiger partial charge in [-0.05, 0) is 57.9 Å². The van der Waals surface area contributed by atoms with Gasteiger partial charge in [-0.2, -0.15) is 0 Å². The lowest BCUT2D eigenvalue weighted by molar-refractivity contribution is -0.0515. The minimum atomic E-state index is -3.56. The van der Waals surface area contributed by atoms with Crippen LogP contribution in [-0.2, 0) is 26.8 Å². The van der Waals surface area contributed by atoms with Gasteiger partial charge in [-0.1, -0.05) is 133 Å². The summed E-state index contributed by atoms with van der Waals surface area (Å²) in [4.78, 5) is 0. The molecule has 0 heterocycles. The van der Waals surface area contributed by atoms with E-state index in [1.165, 1.54) is 0 Å². The Morgan fingerprint density at radius 3 is 1.69 bits per heavy atom. The normalized spacial score (nSPS) is 14.3. The van der Waals surface area contributed by atoms with E-state index in [1.807, 2.05) is 84.9 Å². The van der Waals surface area contributed by atoms with Crippen molar-refractivity contribution in [2.24, 2.45) is 22.7 Å². The van der Waals surface area contributed by atoms with Crippen molar-refractivity contribution in [2.75, 3.05) is 6.35 Å². The van der Waals surface area contributed by atoms with E-state index in [-0.39, 0.29) is 42.2 Å². The van der Waals surface area contributed by atoms with Crippen LogP contribution in [-0.4, -0.2) is 17.6 Å². The van der Waals surface area contributed by atoms with Gasteiger partial charge in [0.05, 0.1) is 19.3 Å². The van der Waals surface area contributed by atoms with Crippen LogP contribution in [0.25, 0.3) is 6.08 Å². The first-order valence-corrected chi connectivity index (χ1v) is 16.5. The molecule has 0 aliphatic carbocycles. The van der Waals surface area contributed by atoms with Crippen LogP contribution < -0.4 is 4.74 Å². The first-order valence-electron chi connectivity index (χ1n) is 14.8. The molecule has 0 aromatic heterocycles. The van der Waals surface area contributed by atoms with E-state index in [1.54, 1.807) is 0 Å². The minimum Gasteiger partial charge on any atom is -0.481 e. The number of benzene rings is 3. The first kappa shape index (κ1) is 33.8. The second kappa shape index (κ2) is 15.2. The Morgan fingerprint density at radius 2 is 1.24 bits per heavy atom. The highest BCUT2D eigenvalue weighted by Gasteiger charge is 2.41. The van der Waals surface area contributed by atoms with E-state index in [0.717, 1.165) is 23.1 Å². The van der Waals surface area contributed by atoms with Crippen LogP contribution in [0, 0.1) is 22.7 Å². The summed E-state index contributed by atoms with van der Waals surface area (Å²) < 4.78 is 31.2. The van der Waals surface area contributed by atoms with Crippen molar-refractivity contribution in [3.63, 3.8) is 0 Å². The number of hydrogen-bond donors (Lipinski definition) is 1. The summed E-state index contributed by atoms with van der Waals surface area (Å²) in [6, 6.07) is 26.8. The summed E-state index contributed by atoms with van der Waals surface area (Å²) in [5.74, 6) is 0.892. The summed E-state index contributed by atoms with van der Waals surface area (Å²) in [7, 11) is -3.56. The molecule has 0 unspecified atom stereocenters. The predicted octanol–water partition coefficient (Wildman–Crippen LogP) is 9.76. The lowest BCUT2D eigenvalue weighted by Gasteiger charge is -2.45. The lowest BCUT2D eigenvalue weighted by atomic mass is 9.62. The van der Waals surface area contributed by atoms with Crippen molar-refractivity contribution in [3.05, 3.63) is 108 Å². The molecule has 2 atom stereocenters. The van der Waals surface area contributed by atoms with Gasteiger partial charge in [-0.15, -0.1) is 0 Å². The van der Waals surface area contributed by atoms with E-state index >= 15 is 0 Å². The van der Waals surface area contributed by atoms with Gasteiger partial charge in [0.15, 0.2) is 6.35 Å². The van der Waals surface area contributed by atoms with E-state index in [2.05, 4.69) is 60.6 Å². The van der Waals surface area contributed by atoms with Crippen molar-refractivity contribution in [2.45, 2.75) is 74.2 Å². The van der Waals surface area contributed by atoms with Crippen molar-refractivity contribution in [1.29, 1.82) is 0 Å². The van der Waals surface area contributed by atoms with Crippen LogP contribution in [0.4, 0.5) is 0 Å². The van der Waals surface area contributed by atoms with Gasteiger partial charge in [0.2, 0.25) is 0 Å². The molecular weight excluding hydrogens is 543 g/mol. The summed E-state index contributed by atoms with van der Waals surface area (Å²) in [5, 5.41) is 11.2. The van der Waals surface area contributed by atoms with E-state index in [9.17, 15) is 9.67 Å². The number of rotatable bonds is 14. The molecule has 3 aromatic carbocycles. The van der Waals surface area contributed by atoms with Gasteiger partial charge >= 0.3 is 7.60 Å². The quantitative estimate of drug-likeness (QED) is 0.189. The average Bonchev–Trinajstić information content (AvgIpc) is 2.94. The molecule has 0 fully saturated rings. The summed E-state index contributed by atoms with van der Waals surface area (Å²) in [6.45, 7) is 15.7. The molecule has 228 valence electrons. The maximum Gasteiger partial charge on any atom is 0.368 e. The van der Waals surface area contributed by atoms with Gasteiger partial charge in [-0.3, -0.25) is 4.57 Å². The van der Waals surface area contributed by atoms with Gasteiger partial charge < -0.3 is 18.9 Å².